The average Bonchev–Trinajstić information content (AvgIpc) is 2.34. The van der Waals surface area contributed by atoms with Crippen molar-refractivity contribution < 1.29 is 27.5 Å². The Bertz CT molecular complexity index is 668. The third-order valence-electron chi connectivity index (χ3n) is 2.51. The minimum atomic E-state index is -1.65. The molecule has 2 aromatic rings. The van der Waals surface area contributed by atoms with Gasteiger partial charge in [-0.2, -0.15) is 0 Å². The molecular formula is C13H6F4O2. The van der Waals surface area contributed by atoms with Gasteiger partial charge in [-0.3, -0.25) is 0 Å². The molecule has 98 valence electrons. The summed E-state index contributed by atoms with van der Waals surface area (Å²) in [6, 6.07) is 3.26. The number of hydrogen-bond donors (Lipinski definition) is 1. The van der Waals surface area contributed by atoms with Crippen LogP contribution < -0.4 is 0 Å². The summed E-state index contributed by atoms with van der Waals surface area (Å²) in [4.78, 5) is 10.6. The number of aromatic carboxylic acids is 1. The first kappa shape index (κ1) is 13.1. The Kier molecular flexibility index (Phi) is 3.25. The maximum absolute atomic E-state index is 13.7. The molecule has 0 fully saturated rings. The van der Waals surface area contributed by atoms with Gasteiger partial charge >= 0.3 is 5.97 Å². The van der Waals surface area contributed by atoms with Crippen LogP contribution in [-0.4, -0.2) is 11.1 Å². The molecule has 0 saturated heterocycles. The first-order chi connectivity index (χ1) is 8.90. The molecule has 0 radical (unpaired) electrons. The van der Waals surface area contributed by atoms with E-state index in [4.69, 9.17) is 5.11 Å². The van der Waals surface area contributed by atoms with Crippen LogP contribution in [0.4, 0.5) is 17.6 Å². The van der Waals surface area contributed by atoms with Crippen molar-refractivity contribution in [2.24, 2.45) is 0 Å². The lowest BCUT2D eigenvalue weighted by Crippen LogP contribution is -2.03. The molecule has 0 aliphatic carbocycles. The van der Waals surface area contributed by atoms with Crippen LogP contribution in [0.5, 0.6) is 0 Å². The van der Waals surface area contributed by atoms with Crippen molar-refractivity contribution in [3.05, 3.63) is 59.2 Å². The smallest absolute Gasteiger partial charge is 0.338 e. The number of carboxylic acids is 1. The normalized spacial score (nSPS) is 10.5. The molecule has 0 aliphatic rings. The van der Waals surface area contributed by atoms with Gasteiger partial charge < -0.3 is 5.11 Å². The fraction of sp³-hybridized carbons (Fsp3) is 0. The van der Waals surface area contributed by atoms with E-state index in [0.717, 1.165) is 12.1 Å². The molecule has 19 heavy (non-hydrogen) atoms. The van der Waals surface area contributed by atoms with E-state index in [-0.39, 0.29) is 0 Å². The van der Waals surface area contributed by atoms with Crippen molar-refractivity contribution in [1.29, 1.82) is 0 Å². The van der Waals surface area contributed by atoms with E-state index in [1.54, 1.807) is 0 Å². The summed E-state index contributed by atoms with van der Waals surface area (Å²) in [7, 11) is 0. The summed E-state index contributed by atoms with van der Waals surface area (Å²) >= 11 is 0. The summed E-state index contributed by atoms with van der Waals surface area (Å²) in [6.45, 7) is 0. The minimum Gasteiger partial charge on any atom is -0.478 e. The van der Waals surface area contributed by atoms with E-state index in [2.05, 4.69) is 0 Å². The molecule has 1 N–H and O–H groups in total. The summed E-state index contributed by atoms with van der Waals surface area (Å²) in [5, 5.41) is 8.61. The van der Waals surface area contributed by atoms with E-state index >= 15 is 0 Å². The van der Waals surface area contributed by atoms with Gasteiger partial charge in [-0.25, -0.2) is 22.4 Å². The Hall–Kier alpha value is -2.37. The fourth-order valence-electron chi connectivity index (χ4n) is 1.62. The summed E-state index contributed by atoms with van der Waals surface area (Å²) in [6.07, 6.45) is 0. The number of benzene rings is 2. The molecule has 0 unspecified atom stereocenters. The van der Waals surface area contributed by atoms with Crippen molar-refractivity contribution in [2.45, 2.75) is 0 Å². The van der Waals surface area contributed by atoms with Crippen LogP contribution in [0.3, 0.4) is 0 Å². The third kappa shape index (κ3) is 2.42. The summed E-state index contributed by atoms with van der Waals surface area (Å²) in [5.74, 6) is -5.79. The summed E-state index contributed by atoms with van der Waals surface area (Å²) in [5.41, 5.74) is -1.90. The molecule has 2 aromatic carbocycles. The third-order valence-corrected chi connectivity index (χ3v) is 2.51. The molecule has 0 aliphatic heterocycles. The minimum absolute atomic E-state index is 0.428. The van der Waals surface area contributed by atoms with Crippen LogP contribution >= 0.6 is 0 Å². The number of halogens is 4. The first-order valence-electron chi connectivity index (χ1n) is 5.08. The van der Waals surface area contributed by atoms with E-state index in [9.17, 15) is 22.4 Å². The number of hydrogen-bond acceptors (Lipinski definition) is 1. The monoisotopic (exact) mass is 270 g/mol. The van der Waals surface area contributed by atoms with E-state index in [1.807, 2.05) is 0 Å². The Morgan fingerprint density at radius 2 is 1.47 bits per heavy atom. The van der Waals surface area contributed by atoms with Gasteiger partial charge in [0.05, 0.1) is 5.56 Å². The van der Waals surface area contributed by atoms with Gasteiger partial charge in [-0.15, -0.1) is 0 Å². The Morgan fingerprint density at radius 3 is 2.11 bits per heavy atom. The van der Waals surface area contributed by atoms with Crippen molar-refractivity contribution in [3.63, 3.8) is 0 Å². The van der Waals surface area contributed by atoms with Gasteiger partial charge in [0.15, 0.2) is 0 Å². The Morgan fingerprint density at radius 1 is 0.842 bits per heavy atom. The van der Waals surface area contributed by atoms with Crippen molar-refractivity contribution in [3.8, 4) is 11.1 Å². The molecule has 0 aromatic heterocycles. The van der Waals surface area contributed by atoms with Crippen LogP contribution in [0.1, 0.15) is 10.4 Å². The quantitative estimate of drug-likeness (QED) is 0.846. The molecule has 0 saturated carbocycles. The van der Waals surface area contributed by atoms with Gasteiger partial charge in [-0.1, -0.05) is 0 Å². The Balaban J connectivity index is 2.67. The largest absolute Gasteiger partial charge is 0.478 e. The fourth-order valence-corrected chi connectivity index (χ4v) is 1.62. The maximum atomic E-state index is 13.7. The molecule has 0 heterocycles. The lowest BCUT2D eigenvalue weighted by Gasteiger charge is -2.07. The van der Waals surface area contributed by atoms with Crippen molar-refractivity contribution in [2.75, 3.05) is 0 Å². The maximum Gasteiger partial charge on any atom is 0.338 e. The Labute approximate surface area is 104 Å². The zero-order valence-electron chi connectivity index (χ0n) is 9.25. The van der Waals surface area contributed by atoms with Crippen LogP contribution in [-0.2, 0) is 0 Å². The van der Waals surface area contributed by atoms with Gasteiger partial charge in [0.1, 0.15) is 23.3 Å². The predicted octanol–water partition coefficient (Wildman–Crippen LogP) is 3.61. The highest BCUT2D eigenvalue weighted by Gasteiger charge is 2.18. The van der Waals surface area contributed by atoms with Gasteiger partial charge in [0.2, 0.25) is 0 Å². The second-order valence-electron chi connectivity index (χ2n) is 3.74. The number of carboxylic acid groups (broad SMARTS) is 1. The topological polar surface area (TPSA) is 37.3 Å². The molecule has 0 bridgehead atoms. The van der Waals surface area contributed by atoms with Crippen molar-refractivity contribution in [1.82, 2.24) is 0 Å². The zero-order valence-corrected chi connectivity index (χ0v) is 9.25. The van der Waals surface area contributed by atoms with Crippen LogP contribution in [0.15, 0.2) is 30.3 Å². The van der Waals surface area contributed by atoms with Gasteiger partial charge in [0, 0.05) is 11.1 Å². The number of rotatable bonds is 2. The first-order valence-corrected chi connectivity index (χ1v) is 5.08. The van der Waals surface area contributed by atoms with Gasteiger partial charge in [0.25, 0.3) is 0 Å². The molecule has 0 atom stereocenters. The predicted molar refractivity (Wildman–Crippen MR) is 58.7 cm³/mol. The highest BCUT2D eigenvalue weighted by Crippen LogP contribution is 2.28. The average molecular weight is 270 g/mol. The molecule has 2 nitrogen and oxygen atoms in total. The SMILES string of the molecule is O=C(O)c1cc(F)c(-c2cc(F)ccc2F)cc1F. The van der Waals surface area contributed by atoms with Crippen molar-refractivity contribution >= 4 is 5.97 Å². The molecule has 6 heteroatoms. The lowest BCUT2D eigenvalue weighted by molar-refractivity contribution is 0.0691. The van der Waals surface area contributed by atoms with Gasteiger partial charge in [-0.05, 0) is 30.3 Å². The highest BCUT2D eigenvalue weighted by molar-refractivity contribution is 5.88. The van der Waals surface area contributed by atoms with E-state index in [1.165, 1.54) is 0 Å². The molecule has 2 rings (SSSR count). The summed E-state index contributed by atoms with van der Waals surface area (Å²) < 4.78 is 53.6. The van der Waals surface area contributed by atoms with Crippen LogP contribution in [0, 0.1) is 23.3 Å². The van der Waals surface area contributed by atoms with Crippen LogP contribution in [0.2, 0.25) is 0 Å². The zero-order chi connectivity index (χ0) is 14.2. The molecule has 0 spiro atoms. The number of carbonyl (C=O) groups is 1. The van der Waals surface area contributed by atoms with E-state index in [0.29, 0.717) is 18.2 Å². The second kappa shape index (κ2) is 4.72. The lowest BCUT2D eigenvalue weighted by atomic mass is 10.0. The second-order valence-corrected chi connectivity index (χ2v) is 3.74. The highest BCUT2D eigenvalue weighted by atomic mass is 19.1. The van der Waals surface area contributed by atoms with E-state index < -0.39 is 45.9 Å². The molecule has 0 amide bonds. The standard InChI is InChI=1S/C13H6F4O2/c14-6-1-2-10(15)7(3-6)8-4-12(17)9(13(18)19)5-11(8)16/h1-5H,(H,18,19). The molecular weight excluding hydrogens is 264 g/mol. The van der Waals surface area contributed by atoms with Crippen LogP contribution in [0.25, 0.3) is 11.1 Å².